The minimum Gasteiger partial charge on any atom is -0.408 e. The van der Waals surface area contributed by atoms with E-state index in [4.69, 9.17) is 4.74 Å². The Morgan fingerprint density at radius 2 is 1.31 bits per heavy atom. The van der Waals surface area contributed by atoms with Gasteiger partial charge in [-0.2, -0.15) is 4.99 Å². The van der Waals surface area contributed by atoms with Gasteiger partial charge < -0.3 is 4.74 Å². The van der Waals surface area contributed by atoms with E-state index in [1.54, 1.807) is 5.01 Å². The quantitative estimate of drug-likeness (QED) is 0.326. The van der Waals surface area contributed by atoms with Gasteiger partial charge in [-0.25, -0.2) is 5.01 Å². The molecule has 0 atom stereocenters. The van der Waals surface area contributed by atoms with Gasteiger partial charge in [0, 0.05) is 6.42 Å². The molecule has 0 fully saturated rings. The summed E-state index contributed by atoms with van der Waals surface area (Å²) in [5, 5.41) is 5.84. The average molecular weight is 364 g/mol. The van der Waals surface area contributed by atoms with Crippen LogP contribution in [0.2, 0.25) is 0 Å². The van der Waals surface area contributed by atoms with Gasteiger partial charge in [0.2, 0.25) is 5.90 Å². The van der Waals surface area contributed by atoms with Gasteiger partial charge in [0.15, 0.2) is 0 Å². The predicted octanol–water partition coefficient (Wildman–Crippen LogP) is 5.79. The Morgan fingerprint density at radius 3 is 1.81 bits per heavy atom. The number of amidine groups is 1. The average Bonchev–Trinajstić information content (AvgIpc) is 3.15. The molecule has 1 amide bonds. The molecule has 0 saturated heterocycles. The van der Waals surface area contributed by atoms with E-state index in [-0.39, 0.29) is 12.5 Å². The lowest BCUT2D eigenvalue weighted by Crippen LogP contribution is -2.18. The second-order valence-corrected chi connectivity index (χ2v) is 7.64. The number of hydrazone groups is 1. The highest BCUT2D eigenvalue weighted by atomic mass is 16.5. The maximum Gasteiger partial charge on any atom is 0.323 e. The van der Waals surface area contributed by atoms with Crippen molar-refractivity contribution in [3.05, 3.63) is 0 Å². The molecule has 0 N–H and O–H groups in total. The van der Waals surface area contributed by atoms with E-state index in [9.17, 15) is 4.79 Å². The number of ether oxygens (including phenoxy) is 1. The van der Waals surface area contributed by atoms with E-state index in [0.29, 0.717) is 11.9 Å². The van der Waals surface area contributed by atoms with Crippen LogP contribution >= 0.6 is 0 Å². The first-order valence-corrected chi connectivity index (χ1v) is 10.9. The molecule has 2 aliphatic rings. The third kappa shape index (κ3) is 8.33. The molecule has 0 bridgehead atoms. The molecule has 0 spiro atoms. The van der Waals surface area contributed by atoms with Gasteiger partial charge in [-0.1, -0.05) is 96.8 Å². The van der Waals surface area contributed by atoms with Gasteiger partial charge in [-0.05, 0) is 6.42 Å². The smallest absolute Gasteiger partial charge is 0.323 e. The Balaban J connectivity index is 1.30. The Hall–Kier alpha value is -1.39. The van der Waals surface area contributed by atoms with Crippen LogP contribution in [0.15, 0.2) is 10.1 Å². The lowest BCUT2D eigenvalue weighted by Gasteiger charge is -2.03. The molecule has 0 aromatic heterocycles. The fraction of sp³-hybridized carbons (Fsp3) is 0.857. The lowest BCUT2D eigenvalue weighted by molar-refractivity contribution is -0.117. The molecule has 148 valence electrons. The van der Waals surface area contributed by atoms with Gasteiger partial charge in [-0.3, -0.25) is 4.79 Å². The molecule has 0 unspecified atom stereocenters. The van der Waals surface area contributed by atoms with Crippen LogP contribution in [0.4, 0.5) is 0 Å². The zero-order valence-corrected chi connectivity index (χ0v) is 16.7. The molecule has 26 heavy (non-hydrogen) atoms. The van der Waals surface area contributed by atoms with E-state index in [0.717, 1.165) is 12.8 Å². The number of rotatable bonds is 16. The maximum atomic E-state index is 11.1. The Labute approximate surface area is 159 Å². The molecule has 2 aliphatic heterocycles. The predicted molar refractivity (Wildman–Crippen MR) is 107 cm³/mol. The number of hydrogen-bond acceptors (Lipinski definition) is 4. The first-order valence-electron chi connectivity index (χ1n) is 10.9. The van der Waals surface area contributed by atoms with Crippen LogP contribution in [-0.4, -0.2) is 29.4 Å². The van der Waals surface area contributed by atoms with Crippen molar-refractivity contribution in [2.24, 2.45) is 10.1 Å². The lowest BCUT2D eigenvalue weighted by atomic mass is 10.0. The van der Waals surface area contributed by atoms with Crippen molar-refractivity contribution in [3.8, 4) is 0 Å². The standard InChI is InChI=1S/C21H37N3O2/c1-2-3-4-5-6-7-8-9-10-11-12-13-14-15-16-17-20-23-24-18-19(25)22-21(24)26-20/h2-18H2,1H3. The molecule has 0 saturated carbocycles. The summed E-state index contributed by atoms with van der Waals surface area (Å²) in [5.74, 6) is 0.542. The minimum atomic E-state index is -0.172. The van der Waals surface area contributed by atoms with Crippen molar-refractivity contribution in [1.82, 2.24) is 5.01 Å². The van der Waals surface area contributed by atoms with Crippen LogP contribution in [0.5, 0.6) is 0 Å². The topological polar surface area (TPSA) is 54.3 Å². The van der Waals surface area contributed by atoms with Gasteiger partial charge in [0.05, 0.1) is 0 Å². The van der Waals surface area contributed by atoms with Crippen molar-refractivity contribution in [3.63, 3.8) is 0 Å². The Bertz CT molecular complexity index is 474. The van der Waals surface area contributed by atoms with E-state index in [2.05, 4.69) is 17.0 Å². The molecule has 0 aromatic carbocycles. The van der Waals surface area contributed by atoms with E-state index >= 15 is 0 Å². The summed E-state index contributed by atoms with van der Waals surface area (Å²) in [6, 6.07) is 0.367. The van der Waals surface area contributed by atoms with Crippen LogP contribution in [0, 0.1) is 0 Å². The summed E-state index contributed by atoms with van der Waals surface area (Å²) in [5.41, 5.74) is 0. The Morgan fingerprint density at radius 1 is 0.808 bits per heavy atom. The van der Waals surface area contributed by atoms with Crippen LogP contribution in [0.3, 0.4) is 0 Å². The third-order valence-electron chi connectivity index (χ3n) is 5.16. The van der Waals surface area contributed by atoms with Gasteiger partial charge in [0.1, 0.15) is 6.54 Å². The maximum absolute atomic E-state index is 11.1. The minimum absolute atomic E-state index is 0.172. The molecule has 5 heteroatoms. The first-order chi connectivity index (χ1) is 12.8. The summed E-state index contributed by atoms with van der Waals surface area (Å²) in [6.07, 6.45) is 21.4. The monoisotopic (exact) mass is 363 g/mol. The fourth-order valence-corrected chi connectivity index (χ4v) is 3.56. The normalized spacial score (nSPS) is 15.9. The second kappa shape index (κ2) is 12.9. The molecule has 2 heterocycles. The zero-order chi connectivity index (χ0) is 18.5. The molecule has 5 nitrogen and oxygen atoms in total. The van der Waals surface area contributed by atoms with Gasteiger partial charge >= 0.3 is 6.02 Å². The van der Waals surface area contributed by atoms with E-state index in [1.807, 2.05) is 0 Å². The largest absolute Gasteiger partial charge is 0.408 e. The first kappa shape index (κ1) is 20.9. The van der Waals surface area contributed by atoms with E-state index < -0.39 is 0 Å². The van der Waals surface area contributed by atoms with Crippen LogP contribution < -0.4 is 0 Å². The number of carbonyl (C=O) groups excluding carboxylic acids is 1. The van der Waals surface area contributed by atoms with Crippen molar-refractivity contribution >= 4 is 17.8 Å². The molecule has 0 aromatic rings. The molecule has 0 aliphatic carbocycles. The summed E-state index contributed by atoms with van der Waals surface area (Å²) in [7, 11) is 0. The number of fused-ring (bicyclic) bond motifs is 1. The summed E-state index contributed by atoms with van der Waals surface area (Å²) in [4.78, 5) is 14.9. The number of unbranched alkanes of at least 4 members (excludes halogenated alkanes) is 14. The molecular formula is C21H37N3O2. The highest BCUT2D eigenvalue weighted by Crippen LogP contribution is 2.17. The van der Waals surface area contributed by atoms with Crippen LogP contribution in [0.25, 0.3) is 0 Å². The summed E-state index contributed by atoms with van der Waals surface area (Å²) in [6.45, 7) is 2.51. The highest BCUT2D eigenvalue weighted by Gasteiger charge is 2.31. The number of carbonyl (C=O) groups is 1. The number of hydrogen-bond donors (Lipinski definition) is 0. The fourth-order valence-electron chi connectivity index (χ4n) is 3.56. The van der Waals surface area contributed by atoms with E-state index in [1.165, 1.54) is 89.9 Å². The van der Waals surface area contributed by atoms with Gasteiger partial charge in [0.25, 0.3) is 5.91 Å². The zero-order valence-electron chi connectivity index (χ0n) is 16.7. The number of aliphatic imine (C=N–C) groups is 1. The third-order valence-corrected chi connectivity index (χ3v) is 5.16. The number of amides is 1. The molecule has 2 rings (SSSR count). The number of nitrogens with zero attached hydrogens (tertiary/aromatic N) is 3. The van der Waals surface area contributed by atoms with Gasteiger partial charge in [-0.15, -0.1) is 5.10 Å². The SMILES string of the molecule is CCCCCCCCCCCCCCCCCC1=NN2CC(=O)N=C2O1. The van der Waals surface area contributed by atoms with Crippen molar-refractivity contribution in [2.75, 3.05) is 6.54 Å². The van der Waals surface area contributed by atoms with Crippen molar-refractivity contribution in [1.29, 1.82) is 0 Å². The Kier molecular flexibility index (Phi) is 10.4. The van der Waals surface area contributed by atoms with Crippen molar-refractivity contribution in [2.45, 2.75) is 110 Å². The van der Waals surface area contributed by atoms with Crippen molar-refractivity contribution < 1.29 is 9.53 Å². The van der Waals surface area contributed by atoms with Crippen LogP contribution in [0.1, 0.15) is 110 Å². The summed E-state index contributed by atoms with van der Waals surface area (Å²) < 4.78 is 5.48. The summed E-state index contributed by atoms with van der Waals surface area (Å²) >= 11 is 0. The molecular weight excluding hydrogens is 326 g/mol. The second-order valence-electron chi connectivity index (χ2n) is 7.64. The van der Waals surface area contributed by atoms with Crippen LogP contribution in [-0.2, 0) is 9.53 Å². The highest BCUT2D eigenvalue weighted by molar-refractivity contribution is 6.05. The molecule has 0 radical (unpaired) electrons.